The molecule has 2 rings (SSSR count). The second kappa shape index (κ2) is 8.09. The highest BCUT2D eigenvalue weighted by Crippen LogP contribution is 2.25. The minimum absolute atomic E-state index is 0.153. The summed E-state index contributed by atoms with van der Waals surface area (Å²) in [5, 5.41) is 8.63. The minimum atomic E-state index is -0.607. The second-order valence-electron chi connectivity index (χ2n) is 6.42. The van der Waals surface area contributed by atoms with Gasteiger partial charge < -0.3 is 5.32 Å². The van der Waals surface area contributed by atoms with E-state index in [4.69, 9.17) is 34.8 Å². The molecule has 132 valence electrons. The van der Waals surface area contributed by atoms with Crippen molar-refractivity contribution in [1.29, 1.82) is 0 Å². The van der Waals surface area contributed by atoms with Crippen molar-refractivity contribution in [2.75, 3.05) is 10.7 Å². The fourth-order valence-corrected chi connectivity index (χ4v) is 2.37. The topological polar surface area (TPSA) is 53.5 Å². The first-order chi connectivity index (χ1) is 11.7. The van der Waals surface area contributed by atoms with Crippen molar-refractivity contribution >= 4 is 57.8 Å². The van der Waals surface area contributed by atoms with Gasteiger partial charge in [-0.05, 0) is 36.4 Å². The zero-order chi connectivity index (χ0) is 18.6. The lowest BCUT2D eigenvalue weighted by Gasteiger charge is -2.19. The molecular formula is C18H18Cl3N3O. The molecule has 0 radical (unpaired) electrons. The molecule has 2 aromatic rings. The third-order valence-electron chi connectivity index (χ3n) is 3.20. The van der Waals surface area contributed by atoms with Gasteiger partial charge >= 0.3 is 0 Å². The number of carbonyl (C=O) groups is 1. The first-order valence-electron chi connectivity index (χ1n) is 7.53. The fourth-order valence-electron chi connectivity index (χ4n) is 1.88. The normalized spacial score (nSPS) is 12.0. The third-order valence-corrected chi connectivity index (χ3v) is 4.17. The maximum atomic E-state index is 12.7. The van der Waals surface area contributed by atoms with Crippen molar-refractivity contribution in [2.45, 2.75) is 20.8 Å². The van der Waals surface area contributed by atoms with Gasteiger partial charge in [0, 0.05) is 16.1 Å². The van der Waals surface area contributed by atoms with Crippen molar-refractivity contribution in [3.05, 3.63) is 57.5 Å². The van der Waals surface area contributed by atoms with Crippen molar-refractivity contribution < 1.29 is 4.79 Å². The molecule has 0 heterocycles. The number of anilines is 2. The summed E-state index contributed by atoms with van der Waals surface area (Å²) in [4.78, 5) is 12.7. The quantitative estimate of drug-likeness (QED) is 0.372. The number of amidine groups is 1. The Bertz CT molecular complexity index is 813. The molecule has 2 aromatic carbocycles. The molecule has 7 heteroatoms. The zero-order valence-corrected chi connectivity index (χ0v) is 16.3. The Morgan fingerprint density at radius 3 is 2.28 bits per heavy atom. The van der Waals surface area contributed by atoms with E-state index in [1.807, 2.05) is 20.8 Å². The molecule has 0 atom stereocenters. The average Bonchev–Trinajstić information content (AvgIpc) is 2.53. The number of nitrogens with one attached hydrogen (secondary N) is 2. The number of benzene rings is 2. The number of carbonyl (C=O) groups excluding carboxylic acids is 1. The van der Waals surface area contributed by atoms with Gasteiger partial charge in [-0.3, -0.25) is 10.2 Å². The molecular weight excluding hydrogens is 381 g/mol. The van der Waals surface area contributed by atoms with Crippen molar-refractivity contribution in [1.82, 2.24) is 0 Å². The predicted octanol–water partition coefficient (Wildman–Crippen LogP) is 6.10. The van der Waals surface area contributed by atoms with Crippen molar-refractivity contribution in [3.63, 3.8) is 0 Å². The monoisotopic (exact) mass is 397 g/mol. The highest BCUT2D eigenvalue weighted by molar-refractivity contribution is 6.45. The summed E-state index contributed by atoms with van der Waals surface area (Å²) in [6.07, 6.45) is 0. The lowest BCUT2D eigenvalue weighted by Crippen LogP contribution is -2.34. The van der Waals surface area contributed by atoms with Gasteiger partial charge in [-0.15, -0.1) is 0 Å². The number of ketones is 1. The SMILES string of the molecule is CC(C)(C)C(=O)/C(=N\Nc1ccc(Cl)c(Cl)c1)Nc1cccc(Cl)c1. The summed E-state index contributed by atoms with van der Waals surface area (Å²) in [5.41, 5.74) is 3.50. The van der Waals surface area contributed by atoms with Gasteiger partial charge in [0.25, 0.3) is 0 Å². The van der Waals surface area contributed by atoms with Crippen LogP contribution in [0, 0.1) is 5.41 Å². The number of Topliss-reactive ketones (excluding diaryl/α,β-unsaturated/α-hetero) is 1. The molecule has 0 fully saturated rings. The molecule has 4 nitrogen and oxygen atoms in total. The summed E-state index contributed by atoms with van der Waals surface area (Å²) in [7, 11) is 0. The Labute approximate surface area is 162 Å². The van der Waals surface area contributed by atoms with Gasteiger partial charge in [0.1, 0.15) is 0 Å². The van der Waals surface area contributed by atoms with Crippen LogP contribution in [0.15, 0.2) is 47.6 Å². The predicted molar refractivity (Wildman–Crippen MR) is 107 cm³/mol. The summed E-state index contributed by atoms with van der Waals surface area (Å²) < 4.78 is 0. The Balaban J connectivity index is 2.30. The van der Waals surface area contributed by atoms with E-state index in [0.717, 1.165) is 0 Å². The van der Waals surface area contributed by atoms with Crippen LogP contribution < -0.4 is 10.7 Å². The maximum absolute atomic E-state index is 12.7. The summed E-state index contributed by atoms with van der Waals surface area (Å²) in [6.45, 7) is 5.47. The van der Waals surface area contributed by atoms with E-state index < -0.39 is 5.41 Å². The highest BCUT2D eigenvalue weighted by Gasteiger charge is 2.27. The van der Waals surface area contributed by atoms with Gasteiger partial charge in [-0.2, -0.15) is 5.10 Å². The van der Waals surface area contributed by atoms with E-state index in [2.05, 4.69) is 15.8 Å². The number of hydrazone groups is 1. The molecule has 0 unspecified atom stereocenters. The van der Waals surface area contributed by atoms with E-state index >= 15 is 0 Å². The van der Waals surface area contributed by atoms with E-state index in [0.29, 0.717) is 26.4 Å². The van der Waals surface area contributed by atoms with Crippen molar-refractivity contribution in [2.24, 2.45) is 10.5 Å². The Hall–Kier alpha value is -1.75. The maximum Gasteiger partial charge on any atom is 0.205 e. The van der Waals surface area contributed by atoms with Crippen LogP contribution in [0.4, 0.5) is 11.4 Å². The Kier molecular flexibility index (Phi) is 6.33. The number of rotatable bonds is 4. The van der Waals surface area contributed by atoms with Crippen LogP contribution in [0.3, 0.4) is 0 Å². The van der Waals surface area contributed by atoms with Crippen LogP contribution in [0.2, 0.25) is 15.1 Å². The van der Waals surface area contributed by atoms with Crippen LogP contribution in [0.1, 0.15) is 20.8 Å². The van der Waals surface area contributed by atoms with Crippen molar-refractivity contribution in [3.8, 4) is 0 Å². The van der Waals surface area contributed by atoms with Crippen LogP contribution in [-0.2, 0) is 4.79 Å². The molecule has 0 aliphatic heterocycles. The van der Waals surface area contributed by atoms with E-state index in [1.54, 1.807) is 42.5 Å². The lowest BCUT2D eigenvalue weighted by molar-refractivity contribution is -0.119. The first kappa shape index (κ1) is 19.6. The van der Waals surface area contributed by atoms with E-state index in [-0.39, 0.29) is 11.6 Å². The van der Waals surface area contributed by atoms with Gasteiger partial charge in [0.15, 0.2) is 5.84 Å². The third kappa shape index (κ3) is 5.63. The van der Waals surface area contributed by atoms with Crippen LogP contribution in [0.25, 0.3) is 0 Å². The molecule has 0 spiro atoms. The standard InChI is InChI=1S/C18H18Cl3N3O/c1-18(2,3)16(25)17(22-12-6-4-5-11(19)9-12)24-23-13-7-8-14(20)15(21)10-13/h4-10,23H,1-3H3,(H,22,24). The molecule has 2 N–H and O–H groups in total. The van der Waals surface area contributed by atoms with Gasteiger partial charge in [-0.25, -0.2) is 0 Å². The average molecular weight is 399 g/mol. The first-order valence-corrected chi connectivity index (χ1v) is 8.66. The zero-order valence-electron chi connectivity index (χ0n) is 14.0. The van der Waals surface area contributed by atoms with Crippen LogP contribution >= 0.6 is 34.8 Å². The molecule has 0 aliphatic rings. The molecule has 25 heavy (non-hydrogen) atoms. The molecule has 0 aromatic heterocycles. The molecule has 0 aliphatic carbocycles. The van der Waals surface area contributed by atoms with Gasteiger partial charge in [-0.1, -0.05) is 61.6 Å². The molecule has 0 saturated heterocycles. The second-order valence-corrected chi connectivity index (χ2v) is 7.67. The smallest absolute Gasteiger partial charge is 0.205 e. The Morgan fingerprint density at radius 1 is 0.960 bits per heavy atom. The highest BCUT2D eigenvalue weighted by atomic mass is 35.5. The number of hydrogen-bond donors (Lipinski definition) is 2. The number of nitrogens with zero attached hydrogens (tertiary/aromatic N) is 1. The summed E-state index contributed by atoms with van der Waals surface area (Å²) in [6, 6.07) is 12.1. The summed E-state index contributed by atoms with van der Waals surface area (Å²) >= 11 is 17.9. The lowest BCUT2D eigenvalue weighted by atomic mass is 9.90. The molecule has 0 bridgehead atoms. The van der Waals surface area contributed by atoms with E-state index in [1.165, 1.54) is 0 Å². The molecule has 0 saturated carbocycles. The van der Waals surface area contributed by atoms with Crippen LogP contribution in [0.5, 0.6) is 0 Å². The number of halogens is 3. The number of hydrogen-bond acceptors (Lipinski definition) is 3. The molecule has 0 amide bonds. The fraction of sp³-hybridized carbons (Fsp3) is 0.222. The summed E-state index contributed by atoms with van der Waals surface area (Å²) in [5.74, 6) is 0.0147. The van der Waals surface area contributed by atoms with Crippen LogP contribution in [-0.4, -0.2) is 11.6 Å². The van der Waals surface area contributed by atoms with Gasteiger partial charge in [0.05, 0.1) is 15.7 Å². The van der Waals surface area contributed by atoms with E-state index in [9.17, 15) is 4.79 Å². The minimum Gasteiger partial charge on any atom is -0.336 e. The van der Waals surface area contributed by atoms with Gasteiger partial charge in [0.2, 0.25) is 5.78 Å². The Morgan fingerprint density at radius 2 is 1.68 bits per heavy atom. The largest absolute Gasteiger partial charge is 0.336 e.